The Kier molecular flexibility index (Phi) is 5.36. The molecule has 0 saturated heterocycles. The van der Waals surface area contributed by atoms with E-state index in [9.17, 15) is 9.59 Å². The van der Waals surface area contributed by atoms with Crippen LogP contribution in [0, 0.1) is 6.92 Å². The fourth-order valence-corrected chi connectivity index (χ4v) is 1.62. The first kappa shape index (κ1) is 14.2. The van der Waals surface area contributed by atoms with E-state index >= 15 is 0 Å². The van der Waals surface area contributed by atoms with Crippen LogP contribution in [0.1, 0.15) is 30.9 Å². The molecule has 0 aliphatic rings. The maximum atomic E-state index is 11.6. The van der Waals surface area contributed by atoms with Gasteiger partial charge in [0.15, 0.2) is 0 Å². The number of nitrogens with one attached hydrogen (secondary N) is 1. The minimum atomic E-state index is -0.985. The second kappa shape index (κ2) is 6.79. The number of benzene rings is 1. The maximum absolute atomic E-state index is 11.6. The van der Waals surface area contributed by atoms with Gasteiger partial charge in [-0.05, 0) is 25.3 Å². The zero-order valence-electron chi connectivity index (χ0n) is 10.8. The highest BCUT2D eigenvalue weighted by atomic mass is 16.4. The summed E-state index contributed by atoms with van der Waals surface area (Å²) in [6, 6.07) is 7.18. The molecule has 0 radical (unpaired) electrons. The van der Waals surface area contributed by atoms with E-state index in [1.165, 1.54) is 5.56 Å². The molecule has 0 aliphatic heterocycles. The first-order valence-electron chi connectivity index (χ1n) is 6.10. The van der Waals surface area contributed by atoms with E-state index in [0.29, 0.717) is 19.3 Å². The molecule has 0 spiro atoms. The summed E-state index contributed by atoms with van der Waals surface area (Å²) in [5, 5.41) is 11.3. The second-order valence-electron chi connectivity index (χ2n) is 4.35. The Bertz CT molecular complexity index is 412. The lowest BCUT2D eigenvalue weighted by molar-refractivity contribution is -0.141. The van der Waals surface area contributed by atoms with Gasteiger partial charge in [0.2, 0.25) is 5.91 Å². The molecule has 2 N–H and O–H groups in total. The number of aryl methyl sites for hydroxylation is 2. The smallest absolute Gasteiger partial charge is 0.326 e. The van der Waals surface area contributed by atoms with Crippen molar-refractivity contribution in [3.8, 4) is 0 Å². The molecule has 0 saturated carbocycles. The molecule has 0 bridgehead atoms. The number of carbonyl (C=O) groups is 2. The maximum Gasteiger partial charge on any atom is 0.326 e. The van der Waals surface area contributed by atoms with Crippen LogP contribution in [-0.4, -0.2) is 23.0 Å². The fourth-order valence-electron chi connectivity index (χ4n) is 1.62. The summed E-state index contributed by atoms with van der Waals surface area (Å²) in [6.45, 7) is 3.74. The lowest BCUT2D eigenvalue weighted by Crippen LogP contribution is -2.40. The third-order valence-electron chi connectivity index (χ3n) is 2.80. The number of aliphatic carboxylic acids is 1. The molecule has 1 atom stereocenters. The summed E-state index contributed by atoms with van der Waals surface area (Å²) < 4.78 is 0. The van der Waals surface area contributed by atoms with E-state index < -0.39 is 12.0 Å². The first-order valence-corrected chi connectivity index (χ1v) is 6.10. The van der Waals surface area contributed by atoms with E-state index in [4.69, 9.17) is 5.11 Å². The van der Waals surface area contributed by atoms with Gasteiger partial charge in [-0.1, -0.05) is 36.8 Å². The van der Waals surface area contributed by atoms with Crippen molar-refractivity contribution in [2.75, 3.05) is 0 Å². The van der Waals surface area contributed by atoms with Crippen LogP contribution < -0.4 is 5.32 Å². The van der Waals surface area contributed by atoms with Crippen LogP contribution in [0.5, 0.6) is 0 Å². The summed E-state index contributed by atoms with van der Waals surface area (Å²) in [5.41, 5.74) is 2.26. The van der Waals surface area contributed by atoms with E-state index in [1.54, 1.807) is 6.92 Å². The van der Waals surface area contributed by atoms with Crippen molar-refractivity contribution >= 4 is 11.9 Å². The van der Waals surface area contributed by atoms with Crippen molar-refractivity contribution in [2.45, 2.75) is 39.2 Å². The van der Waals surface area contributed by atoms with E-state index in [2.05, 4.69) is 5.32 Å². The predicted octanol–water partition coefficient (Wildman–Crippen LogP) is 1.91. The van der Waals surface area contributed by atoms with Gasteiger partial charge in [-0.25, -0.2) is 4.79 Å². The molecule has 0 heterocycles. The van der Waals surface area contributed by atoms with Crippen molar-refractivity contribution < 1.29 is 14.7 Å². The molecular formula is C14H19NO3. The monoisotopic (exact) mass is 249 g/mol. The number of carboxylic acids is 1. The van der Waals surface area contributed by atoms with Gasteiger partial charge < -0.3 is 10.4 Å². The molecule has 1 amide bonds. The van der Waals surface area contributed by atoms with Crippen molar-refractivity contribution in [1.29, 1.82) is 0 Å². The van der Waals surface area contributed by atoms with Crippen LogP contribution >= 0.6 is 0 Å². The normalized spacial score (nSPS) is 11.9. The third kappa shape index (κ3) is 4.57. The molecule has 0 aromatic heterocycles. The molecule has 1 aromatic carbocycles. The average Bonchev–Trinajstić information content (AvgIpc) is 2.35. The van der Waals surface area contributed by atoms with Crippen LogP contribution in [0.4, 0.5) is 0 Å². The van der Waals surface area contributed by atoms with Crippen molar-refractivity contribution in [3.63, 3.8) is 0 Å². The number of amides is 1. The zero-order chi connectivity index (χ0) is 13.5. The van der Waals surface area contributed by atoms with Crippen molar-refractivity contribution in [1.82, 2.24) is 5.32 Å². The van der Waals surface area contributed by atoms with Crippen LogP contribution in [-0.2, 0) is 16.0 Å². The third-order valence-corrected chi connectivity index (χ3v) is 2.80. The van der Waals surface area contributed by atoms with E-state index in [1.807, 2.05) is 31.2 Å². The SMILES string of the molecule is CC[C@@H](NC(=O)CCc1ccc(C)cc1)C(=O)O. The van der Waals surface area contributed by atoms with Crippen LogP contribution in [0.15, 0.2) is 24.3 Å². The molecule has 98 valence electrons. The van der Waals surface area contributed by atoms with Crippen LogP contribution in [0.2, 0.25) is 0 Å². The van der Waals surface area contributed by atoms with Crippen molar-refractivity contribution in [3.05, 3.63) is 35.4 Å². The number of rotatable bonds is 6. The molecule has 0 unspecified atom stereocenters. The molecule has 1 aromatic rings. The Labute approximate surface area is 107 Å². The van der Waals surface area contributed by atoms with Gasteiger partial charge in [0.1, 0.15) is 6.04 Å². The summed E-state index contributed by atoms with van der Waals surface area (Å²) in [4.78, 5) is 22.3. The Morgan fingerprint density at radius 3 is 2.39 bits per heavy atom. The average molecular weight is 249 g/mol. The van der Waals surface area contributed by atoms with Crippen LogP contribution in [0.25, 0.3) is 0 Å². The number of hydrogen-bond donors (Lipinski definition) is 2. The number of carboxylic acid groups (broad SMARTS) is 1. The van der Waals surface area contributed by atoms with E-state index in [-0.39, 0.29) is 5.91 Å². The fraction of sp³-hybridized carbons (Fsp3) is 0.429. The predicted molar refractivity (Wildman–Crippen MR) is 69.4 cm³/mol. The Balaban J connectivity index is 2.41. The van der Waals surface area contributed by atoms with Gasteiger partial charge in [-0.3, -0.25) is 4.79 Å². The van der Waals surface area contributed by atoms with Gasteiger partial charge in [-0.15, -0.1) is 0 Å². The number of carbonyl (C=O) groups excluding carboxylic acids is 1. The Hall–Kier alpha value is -1.84. The van der Waals surface area contributed by atoms with Gasteiger partial charge in [0.05, 0.1) is 0 Å². The summed E-state index contributed by atoms with van der Waals surface area (Å²) in [6.07, 6.45) is 1.33. The zero-order valence-corrected chi connectivity index (χ0v) is 10.8. The highest BCUT2D eigenvalue weighted by Crippen LogP contribution is 2.06. The summed E-state index contributed by atoms with van der Waals surface area (Å²) >= 11 is 0. The van der Waals surface area contributed by atoms with Gasteiger partial charge in [-0.2, -0.15) is 0 Å². The second-order valence-corrected chi connectivity index (χ2v) is 4.35. The molecule has 0 fully saturated rings. The van der Waals surface area contributed by atoms with Crippen LogP contribution in [0.3, 0.4) is 0 Å². The minimum absolute atomic E-state index is 0.218. The molecule has 0 aliphatic carbocycles. The lowest BCUT2D eigenvalue weighted by atomic mass is 10.1. The Morgan fingerprint density at radius 2 is 1.89 bits per heavy atom. The van der Waals surface area contributed by atoms with Gasteiger partial charge in [0.25, 0.3) is 0 Å². The standard InChI is InChI=1S/C14H19NO3/c1-3-12(14(17)18)15-13(16)9-8-11-6-4-10(2)5-7-11/h4-7,12H,3,8-9H2,1-2H3,(H,15,16)(H,17,18)/t12-/m1/s1. The van der Waals surface area contributed by atoms with Crippen molar-refractivity contribution in [2.24, 2.45) is 0 Å². The highest BCUT2D eigenvalue weighted by molar-refractivity contribution is 5.83. The van der Waals surface area contributed by atoms with Gasteiger partial charge in [0, 0.05) is 6.42 Å². The summed E-state index contributed by atoms with van der Waals surface area (Å²) in [7, 11) is 0. The molecule has 18 heavy (non-hydrogen) atoms. The lowest BCUT2D eigenvalue weighted by Gasteiger charge is -2.12. The highest BCUT2D eigenvalue weighted by Gasteiger charge is 2.16. The molecule has 4 nitrogen and oxygen atoms in total. The Morgan fingerprint density at radius 1 is 1.28 bits per heavy atom. The largest absolute Gasteiger partial charge is 0.480 e. The summed E-state index contributed by atoms with van der Waals surface area (Å²) in [5.74, 6) is -1.20. The molecule has 1 rings (SSSR count). The van der Waals surface area contributed by atoms with Gasteiger partial charge >= 0.3 is 5.97 Å². The molecular weight excluding hydrogens is 230 g/mol. The topological polar surface area (TPSA) is 66.4 Å². The quantitative estimate of drug-likeness (QED) is 0.809. The molecule has 4 heteroatoms. The minimum Gasteiger partial charge on any atom is -0.480 e. The first-order chi connectivity index (χ1) is 8.52. The van der Waals surface area contributed by atoms with E-state index in [0.717, 1.165) is 5.56 Å². The number of hydrogen-bond acceptors (Lipinski definition) is 2.